The molecule has 8 rings (SSSR count). The van der Waals surface area contributed by atoms with Crippen LogP contribution in [0.25, 0.3) is 0 Å². The number of benzene rings is 1. The Bertz CT molecular complexity index is 1510. The van der Waals surface area contributed by atoms with Crippen LogP contribution in [0.2, 0.25) is 0 Å². The molecule has 7 unspecified atom stereocenters. The predicted octanol–water partition coefficient (Wildman–Crippen LogP) is 3.13. The van der Waals surface area contributed by atoms with Crippen molar-refractivity contribution >= 4 is 33.8 Å². The van der Waals surface area contributed by atoms with Gasteiger partial charge in [0, 0.05) is 18.3 Å². The van der Waals surface area contributed by atoms with Gasteiger partial charge in [0.25, 0.3) is 0 Å². The maximum Gasteiger partial charge on any atom is 0.331 e. The molecule has 3 aliphatic heterocycles. The third-order valence-electron chi connectivity index (χ3n) is 10.8. The van der Waals surface area contributed by atoms with Gasteiger partial charge in [-0.05, 0) is 73.1 Å². The van der Waals surface area contributed by atoms with Gasteiger partial charge in [-0.25, -0.2) is 8.42 Å². The van der Waals surface area contributed by atoms with E-state index >= 15 is 0 Å². The van der Waals surface area contributed by atoms with Gasteiger partial charge >= 0.3 is 17.9 Å². The highest BCUT2D eigenvalue weighted by molar-refractivity contribution is 7.85. The molecule has 0 N–H and O–H groups in total. The molecule has 43 heavy (non-hydrogen) atoms. The van der Waals surface area contributed by atoms with Crippen LogP contribution in [0.4, 0.5) is 0 Å². The summed E-state index contributed by atoms with van der Waals surface area (Å²) in [5, 5.41) is 0. The summed E-state index contributed by atoms with van der Waals surface area (Å²) >= 11 is 0. The van der Waals surface area contributed by atoms with Crippen LogP contribution in [0, 0.1) is 28.6 Å². The topological polar surface area (TPSA) is 162 Å². The number of fused-ring (bicyclic) bond motifs is 1. The molecule has 4 saturated carbocycles. The number of hydrogen-bond acceptors (Lipinski definition) is 11. The smallest absolute Gasteiger partial charge is 0.331 e. The van der Waals surface area contributed by atoms with Crippen molar-refractivity contribution < 1.29 is 51.1 Å². The van der Waals surface area contributed by atoms with Crippen LogP contribution in [-0.4, -0.2) is 61.1 Å². The molecule has 7 aliphatic rings. The summed E-state index contributed by atoms with van der Waals surface area (Å²) in [7, 11) is -4.78. The molecule has 0 radical (unpaired) electrons. The number of hydrogen-bond donors (Lipinski definition) is 0. The van der Waals surface area contributed by atoms with Crippen LogP contribution >= 0.6 is 0 Å². The standard InChI is InChI=1S/C31H36O11S/c1-13(2)19-7-18(43(36,37)38)8-20(14(3)4)23(19)40-28(34)31-12-21-24(25(26(31)39-21)42-29(31)35)41-27(33)30-9-15-5-16(10-30)22(32)17(6-15)11-30/h7-8,13-17,21,24-26H,5-6,9-12H2,1-4H3,(H,36,37,38)/p-1. The first kappa shape index (κ1) is 28.9. The van der Waals surface area contributed by atoms with E-state index in [1.807, 2.05) is 0 Å². The molecule has 1 aromatic rings. The molecule has 7 fully saturated rings. The van der Waals surface area contributed by atoms with Crippen molar-refractivity contribution in [2.75, 3.05) is 0 Å². The van der Waals surface area contributed by atoms with Crippen molar-refractivity contribution in [2.45, 2.75) is 107 Å². The molecule has 12 heteroatoms. The quantitative estimate of drug-likeness (QED) is 0.192. The van der Waals surface area contributed by atoms with E-state index in [0.29, 0.717) is 36.3 Å². The highest BCUT2D eigenvalue weighted by Gasteiger charge is 2.78. The lowest BCUT2D eigenvalue weighted by Crippen LogP contribution is -2.56. The van der Waals surface area contributed by atoms with Crippen molar-refractivity contribution in [3.8, 4) is 5.75 Å². The second kappa shape index (κ2) is 9.34. The second-order valence-electron chi connectivity index (χ2n) is 14.1. The number of carbonyl (C=O) groups excluding carboxylic acids is 4. The predicted molar refractivity (Wildman–Crippen MR) is 145 cm³/mol. The van der Waals surface area contributed by atoms with Crippen LogP contribution in [0.5, 0.6) is 5.75 Å². The Balaban J connectivity index is 1.14. The first-order valence-electron chi connectivity index (χ1n) is 15.1. The van der Waals surface area contributed by atoms with Crippen LogP contribution in [0.1, 0.15) is 89.2 Å². The van der Waals surface area contributed by atoms with Gasteiger partial charge in [0.15, 0.2) is 17.6 Å². The molecule has 0 amide bonds. The molecule has 6 bridgehead atoms. The number of Topliss-reactive ketones (excluding diaryl/α,β-unsaturated/α-hetero) is 1. The average Bonchev–Trinajstić information content (AvgIpc) is 3.53. The molecule has 4 aliphatic carbocycles. The maximum absolute atomic E-state index is 13.9. The van der Waals surface area contributed by atoms with Gasteiger partial charge in [-0.3, -0.25) is 19.2 Å². The second-order valence-corrected chi connectivity index (χ2v) is 15.5. The van der Waals surface area contributed by atoms with E-state index < -0.39 is 62.2 Å². The van der Waals surface area contributed by atoms with E-state index in [-0.39, 0.29) is 47.6 Å². The van der Waals surface area contributed by atoms with Gasteiger partial charge in [-0.15, -0.1) is 0 Å². The minimum Gasteiger partial charge on any atom is -0.744 e. The minimum absolute atomic E-state index is 0.0931. The summed E-state index contributed by atoms with van der Waals surface area (Å²) in [6, 6.07) is 2.42. The molecular weight excluding hydrogens is 580 g/mol. The summed E-state index contributed by atoms with van der Waals surface area (Å²) in [6.07, 6.45) is -0.367. The summed E-state index contributed by atoms with van der Waals surface area (Å²) in [4.78, 5) is 53.1. The summed E-state index contributed by atoms with van der Waals surface area (Å²) in [5.41, 5.74) is -1.79. The average molecular weight is 616 g/mol. The lowest BCUT2D eigenvalue weighted by Gasteiger charge is -2.54. The Morgan fingerprint density at radius 3 is 2.12 bits per heavy atom. The number of carbonyl (C=O) groups is 4. The largest absolute Gasteiger partial charge is 0.744 e. The van der Waals surface area contributed by atoms with Crippen LogP contribution in [0.3, 0.4) is 0 Å². The van der Waals surface area contributed by atoms with Crippen LogP contribution in [0.15, 0.2) is 17.0 Å². The fourth-order valence-corrected chi connectivity index (χ4v) is 9.44. The number of ether oxygens (including phenoxy) is 4. The van der Waals surface area contributed by atoms with Crippen LogP contribution in [-0.2, 0) is 43.5 Å². The summed E-state index contributed by atoms with van der Waals surface area (Å²) in [6.45, 7) is 7.09. The minimum atomic E-state index is -4.78. The van der Waals surface area contributed by atoms with Gasteiger partial charge in [0.1, 0.15) is 33.9 Å². The molecule has 232 valence electrons. The highest BCUT2D eigenvalue weighted by Crippen LogP contribution is 2.61. The normalized spacial score (nSPS) is 38.7. The Morgan fingerprint density at radius 2 is 1.56 bits per heavy atom. The fraction of sp³-hybridized carbons (Fsp3) is 0.677. The highest BCUT2D eigenvalue weighted by atomic mass is 32.2. The van der Waals surface area contributed by atoms with E-state index in [1.54, 1.807) is 27.7 Å². The van der Waals surface area contributed by atoms with Crippen LogP contribution < -0.4 is 4.74 Å². The van der Waals surface area contributed by atoms with Crippen molar-refractivity contribution in [1.29, 1.82) is 0 Å². The lowest BCUT2D eigenvalue weighted by molar-refractivity contribution is -0.185. The van der Waals surface area contributed by atoms with Crippen molar-refractivity contribution in [2.24, 2.45) is 28.6 Å². The SMILES string of the molecule is CC(C)c1cc(S(=O)(=O)[O-])cc(C(C)C)c1OC(=O)C12CC3OC1C(OC2=O)C3OC(=O)C12CC3CC(C1)C(=O)C(C3)C2. The van der Waals surface area contributed by atoms with Crippen molar-refractivity contribution in [3.63, 3.8) is 0 Å². The summed E-state index contributed by atoms with van der Waals surface area (Å²) in [5.74, 6) is -2.22. The van der Waals surface area contributed by atoms with Crippen molar-refractivity contribution in [3.05, 3.63) is 23.3 Å². The first-order valence-corrected chi connectivity index (χ1v) is 16.5. The van der Waals surface area contributed by atoms with E-state index in [2.05, 4.69) is 0 Å². The van der Waals surface area contributed by atoms with Gasteiger partial charge in [0.05, 0.1) is 10.3 Å². The molecule has 0 aromatic heterocycles. The van der Waals surface area contributed by atoms with E-state index in [9.17, 15) is 32.1 Å². The molecular formula is C31H35O11S-. The van der Waals surface area contributed by atoms with E-state index in [1.165, 1.54) is 12.1 Å². The Kier molecular flexibility index (Phi) is 6.28. The maximum atomic E-state index is 13.9. The van der Waals surface area contributed by atoms with Gasteiger partial charge in [-0.2, -0.15) is 0 Å². The molecule has 7 atom stereocenters. The molecule has 1 aromatic carbocycles. The molecule has 0 spiro atoms. The first-order chi connectivity index (χ1) is 20.1. The molecule has 11 nitrogen and oxygen atoms in total. The Labute approximate surface area is 249 Å². The third kappa shape index (κ3) is 4.08. The lowest BCUT2D eigenvalue weighted by atomic mass is 9.49. The van der Waals surface area contributed by atoms with Gasteiger partial charge in [-0.1, -0.05) is 27.7 Å². The van der Waals surface area contributed by atoms with Crippen molar-refractivity contribution in [1.82, 2.24) is 0 Å². The Morgan fingerprint density at radius 1 is 0.953 bits per heavy atom. The number of ketones is 1. The molecule has 3 saturated heterocycles. The van der Waals surface area contributed by atoms with Gasteiger partial charge in [0.2, 0.25) is 0 Å². The monoisotopic (exact) mass is 615 g/mol. The number of rotatable bonds is 7. The van der Waals surface area contributed by atoms with E-state index in [4.69, 9.17) is 18.9 Å². The third-order valence-corrected chi connectivity index (χ3v) is 11.6. The summed E-state index contributed by atoms with van der Waals surface area (Å²) < 4.78 is 59.3. The zero-order valence-corrected chi connectivity index (χ0v) is 25.3. The van der Waals surface area contributed by atoms with Gasteiger partial charge < -0.3 is 23.5 Å². The zero-order valence-electron chi connectivity index (χ0n) is 24.5. The zero-order chi connectivity index (χ0) is 30.8. The number of esters is 3. The molecule has 3 heterocycles. The Hall–Kier alpha value is -2.83. The van der Waals surface area contributed by atoms with E-state index in [0.717, 1.165) is 12.8 Å². The fourth-order valence-electron chi connectivity index (χ4n) is 8.90.